The zero-order chi connectivity index (χ0) is 15.4. The van der Waals surface area contributed by atoms with E-state index >= 15 is 0 Å². The highest BCUT2D eigenvalue weighted by Gasteiger charge is 2.16. The summed E-state index contributed by atoms with van der Waals surface area (Å²) in [4.78, 5) is 4.89. The number of para-hydroxylation sites is 2. The van der Waals surface area contributed by atoms with Crippen molar-refractivity contribution in [1.29, 1.82) is 0 Å². The van der Waals surface area contributed by atoms with Crippen molar-refractivity contribution in [3.63, 3.8) is 0 Å². The van der Waals surface area contributed by atoms with Gasteiger partial charge in [-0.3, -0.25) is 0 Å². The number of fused-ring (bicyclic) bond motifs is 1. The SMILES string of the molecule is CCCCCc1nc2ccccc2n1[C@@H](C)c1ccccc1. The Balaban J connectivity index is 2.03. The van der Waals surface area contributed by atoms with Gasteiger partial charge in [0.25, 0.3) is 0 Å². The quantitative estimate of drug-likeness (QED) is 0.558. The van der Waals surface area contributed by atoms with Crippen molar-refractivity contribution in [1.82, 2.24) is 9.55 Å². The number of aryl methyl sites for hydroxylation is 1. The van der Waals surface area contributed by atoms with E-state index in [1.54, 1.807) is 0 Å². The molecule has 0 unspecified atom stereocenters. The molecule has 22 heavy (non-hydrogen) atoms. The van der Waals surface area contributed by atoms with E-state index in [0.29, 0.717) is 6.04 Å². The van der Waals surface area contributed by atoms with Crippen LogP contribution in [0.5, 0.6) is 0 Å². The van der Waals surface area contributed by atoms with Crippen LogP contribution in [0.1, 0.15) is 50.5 Å². The molecule has 0 bridgehead atoms. The van der Waals surface area contributed by atoms with Gasteiger partial charge < -0.3 is 4.57 Å². The summed E-state index contributed by atoms with van der Waals surface area (Å²) in [5.41, 5.74) is 3.68. The fourth-order valence-electron chi connectivity index (χ4n) is 3.12. The molecule has 0 fully saturated rings. The molecule has 3 rings (SSSR count). The molecule has 2 aromatic carbocycles. The molecule has 0 aliphatic heterocycles. The molecule has 0 saturated carbocycles. The maximum Gasteiger partial charge on any atom is 0.110 e. The van der Waals surface area contributed by atoms with Crippen LogP contribution in [0.3, 0.4) is 0 Å². The molecule has 1 aromatic heterocycles. The second kappa shape index (κ2) is 6.78. The van der Waals surface area contributed by atoms with Crippen LogP contribution in [-0.4, -0.2) is 9.55 Å². The molecule has 0 aliphatic rings. The number of benzene rings is 2. The largest absolute Gasteiger partial charge is 0.321 e. The third-order valence-electron chi connectivity index (χ3n) is 4.34. The Bertz CT molecular complexity index is 728. The zero-order valence-electron chi connectivity index (χ0n) is 13.5. The molecule has 2 heteroatoms. The molecular formula is C20H24N2. The normalized spacial score (nSPS) is 12.6. The van der Waals surface area contributed by atoms with Crippen LogP contribution in [0.25, 0.3) is 11.0 Å². The van der Waals surface area contributed by atoms with Crippen LogP contribution in [0.15, 0.2) is 54.6 Å². The molecule has 2 nitrogen and oxygen atoms in total. The third kappa shape index (κ3) is 2.92. The molecule has 1 heterocycles. The van der Waals surface area contributed by atoms with Crippen LogP contribution in [0, 0.1) is 0 Å². The van der Waals surface area contributed by atoms with Crippen molar-refractivity contribution < 1.29 is 0 Å². The van der Waals surface area contributed by atoms with E-state index in [2.05, 4.69) is 73.0 Å². The Morgan fingerprint density at radius 1 is 0.955 bits per heavy atom. The lowest BCUT2D eigenvalue weighted by Crippen LogP contribution is -2.10. The molecule has 0 radical (unpaired) electrons. The van der Waals surface area contributed by atoms with Gasteiger partial charge in [0.1, 0.15) is 5.82 Å². The predicted octanol–water partition coefficient (Wildman–Crippen LogP) is 5.38. The van der Waals surface area contributed by atoms with E-state index in [1.807, 2.05) is 0 Å². The fourth-order valence-corrected chi connectivity index (χ4v) is 3.12. The predicted molar refractivity (Wildman–Crippen MR) is 93.2 cm³/mol. The Morgan fingerprint density at radius 3 is 2.45 bits per heavy atom. The van der Waals surface area contributed by atoms with Gasteiger partial charge in [-0.25, -0.2) is 4.98 Å². The lowest BCUT2D eigenvalue weighted by molar-refractivity contribution is 0.595. The molecule has 0 amide bonds. The summed E-state index contributed by atoms with van der Waals surface area (Å²) >= 11 is 0. The highest BCUT2D eigenvalue weighted by atomic mass is 15.1. The zero-order valence-corrected chi connectivity index (χ0v) is 13.5. The van der Waals surface area contributed by atoms with Crippen LogP contribution >= 0.6 is 0 Å². The maximum absolute atomic E-state index is 4.89. The monoisotopic (exact) mass is 292 g/mol. The number of imidazole rings is 1. The Kier molecular flexibility index (Phi) is 4.57. The Labute approximate surface area is 132 Å². The summed E-state index contributed by atoms with van der Waals surface area (Å²) in [6.45, 7) is 4.52. The van der Waals surface area contributed by atoms with Crippen LogP contribution in [0.2, 0.25) is 0 Å². The number of aromatic nitrogens is 2. The van der Waals surface area contributed by atoms with E-state index < -0.39 is 0 Å². The van der Waals surface area contributed by atoms with E-state index in [9.17, 15) is 0 Å². The van der Waals surface area contributed by atoms with Crippen LogP contribution in [-0.2, 0) is 6.42 Å². The van der Waals surface area contributed by atoms with Crippen molar-refractivity contribution >= 4 is 11.0 Å². The standard InChI is InChI=1S/C20H24N2/c1-3-4-6-15-20-21-18-13-9-10-14-19(18)22(20)16(2)17-11-7-5-8-12-17/h5,7-14,16H,3-4,6,15H2,1-2H3/t16-/m0/s1. The molecule has 0 saturated heterocycles. The smallest absolute Gasteiger partial charge is 0.110 e. The Morgan fingerprint density at radius 2 is 1.68 bits per heavy atom. The van der Waals surface area contributed by atoms with Gasteiger partial charge >= 0.3 is 0 Å². The highest BCUT2D eigenvalue weighted by molar-refractivity contribution is 5.76. The number of hydrogen-bond acceptors (Lipinski definition) is 1. The number of unbranched alkanes of at least 4 members (excludes halogenated alkanes) is 2. The summed E-state index contributed by atoms with van der Waals surface area (Å²) in [7, 11) is 0. The fraction of sp³-hybridized carbons (Fsp3) is 0.350. The second-order valence-corrected chi connectivity index (χ2v) is 5.93. The number of nitrogens with zero attached hydrogens (tertiary/aromatic N) is 2. The Hall–Kier alpha value is -2.09. The first-order chi connectivity index (χ1) is 10.8. The lowest BCUT2D eigenvalue weighted by Gasteiger charge is -2.18. The molecular weight excluding hydrogens is 268 g/mol. The molecule has 114 valence electrons. The average molecular weight is 292 g/mol. The van der Waals surface area contributed by atoms with Gasteiger partial charge in [0.2, 0.25) is 0 Å². The number of rotatable bonds is 6. The van der Waals surface area contributed by atoms with Gasteiger partial charge in [-0.2, -0.15) is 0 Å². The minimum absolute atomic E-state index is 0.310. The van der Waals surface area contributed by atoms with E-state index in [0.717, 1.165) is 11.9 Å². The molecule has 0 spiro atoms. The van der Waals surface area contributed by atoms with Crippen molar-refractivity contribution in [2.45, 2.75) is 45.6 Å². The first kappa shape index (κ1) is 14.8. The summed E-state index contributed by atoms with van der Waals surface area (Å²) in [6.07, 6.45) is 4.78. The minimum Gasteiger partial charge on any atom is -0.321 e. The molecule has 0 aliphatic carbocycles. The van der Waals surface area contributed by atoms with Gasteiger partial charge in [-0.1, -0.05) is 62.2 Å². The van der Waals surface area contributed by atoms with E-state index in [-0.39, 0.29) is 0 Å². The molecule has 3 aromatic rings. The average Bonchev–Trinajstić information content (AvgIpc) is 2.93. The maximum atomic E-state index is 4.89. The topological polar surface area (TPSA) is 17.8 Å². The minimum atomic E-state index is 0.310. The summed E-state index contributed by atoms with van der Waals surface area (Å²) in [5, 5.41) is 0. The first-order valence-electron chi connectivity index (χ1n) is 8.32. The van der Waals surface area contributed by atoms with E-state index in [4.69, 9.17) is 4.98 Å². The van der Waals surface area contributed by atoms with Crippen molar-refractivity contribution in [2.75, 3.05) is 0 Å². The van der Waals surface area contributed by atoms with Crippen LogP contribution < -0.4 is 0 Å². The first-order valence-corrected chi connectivity index (χ1v) is 8.32. The third-order valence-corrected chi connectivity index (χ3v) is 4.34. The van der Waals surface area contributed by atoms with Gasteiger partial charge in [0.15, 0.2) is 0 Å². The van der Waals surface area contributed by atoms with Crippen molar-refractivity contribution in [3.8, 4) is 0 Å². The molecule has 1 atom stereocenters. The molecule has 0 N–H and O–H groups in total. The van der Waals surface area contributed by atoms with Crippen LogP contribution in [0.4, 0.5) is 0 Å². The van der Waals surface area contributed by atoms with E-state index in [1.165, 1.54) is 36.2 Å². The second-order valence-electron chi connectivity index (χ2n) is 5.93. The lowest BCUT2D eigenvalue weighted by atomic mass is 10.1. The van der Waals surface area contributed by atoms with Gasteiger partial charge in [0, 0.05) is 6.42 Å². The van der Waals surface area contributed by atoms with Crippen molar-refractivity contribution in [3.05, 3.63) is 66.0 Å². The highest BCUT2D eigenvalue weighted by Crippen LogP contribution is 2.26. The van der Waals surface area contributed by atoms with Crippen molar-refractivity contribution in [2.24, 2.45) is 0 Å². The van der Waals surface area contributed by atoms with Gasteiger partial charge in [-0.05, 0) is 31.0 Å². The summed E-state index contributed by atoms with van der Waals surface area (Å²) in [6, 6.07) is 19.5. The van der Waals surface area contributed by atoms with Gasteiger partial charge in [-0.15, -0.1) is 0 Å². The van der Waals surface area contributed by atoms with Gasteiger partial charge in [0.05, 0.1) is 17.1 Å². The summed E-state index contributed by atoms with van der Waals surface area (Å²) in [5.74, 6) is 1.21. The number of hydrogen-bond donors (Lipinski definition) is 0. The summed E-state index contributed by atoms with van der Waals surface area (Å²) < 4.78 is 2.42.